The van der Waals surface area contributed by atoms with Crippen molar-refractivity contribution in [2.75, 3.05) is 32.1 Å². The topological polar surface area (TPSA) is 73.5 Å². The van der Waals surface area contributed by atoms with Crippen molar-refractivity contribution in [3.05, 3.63) is 71.5 Å². The number of rotatable bonds is 4. The molecular formula is C25H28N4O2. The lowest BCUT2D eigenvalue weighted by Crippen LogP contribution is -2.25. The van der Waals surface area contributed by atoms with Crippen LogP contribution >= 0.6 is 0 Å². The van der Waals surface area contributed by atoms with Crippen molar-refractivity contribution in [2.24, 2.45) is 0 Å². The molecule has 2 aromatic carbocycles. The van der Waals surface area contributed by atoms with E-state index in [4.69, 9.17) is 20.2 Å². The molecule has 0 bridgehead atoms. The summed E-state index contributed by atoms with van der Waals surface area (Å²) in [5, 5.41) is 0. The Bertz CT molecular complexity index is 1030. The molecule has 6 nitrogen and oxygen atoms in total. The Morgan fingerprint density at radius 1 is 1.03 bits per heavy atom. The Balaban J connectivity index is 1.38. The summed E-state index contributed by atoms with van der Waals surface area (Å²) in [5.74, 6) is 1.74. The highest BCUT2D eigenvalue weighted by Gasteiger charge is 2.21. The van der Waals surface area contributed by atoms with E-state index in [2.05, 4.69) is 58.4 Å². The fourth-order valence-corrected chi connectivity index (χ4v) is 4.36. The average Bonchev–Trinajstić information content (AvgIpc) is 3.02. The quantitative estimate of drug-likeness (QED) is 0.693. The smallest absolute Gasteiger partial charge is 0.150 e. The second kappa shape index (κ2) is 9.04. The van der Waals surface area contributed by atoms with Gasteiger partial charge in [0.2, 0.25) is 0 Å². The maximum absolute atomic E-state index is 6.22. The Hall–Kier alpha value is -2.96. The molecule has 0 unspecified atom stereocenters. The molecule has 31 heavy (non-hydrogen) atoms. The minimum atomic E-state index is 0.379. The van der Waals surface area contributed by atoms with Gasteiger partial charge in [0.1, 0.15) is 23.9 Å². The molecule has 0 radical (unpaired) electrons. The van der Waals surface area contributed by atoms with E-state index in [1.807, 2.05) is 6.20 Å². The number of nitrogens with zero attached hydrogens (tertiary/aromatic N) is 3. The highest BCUT2D eigenvalue weighted by molar-refractivity contribution is 5.71. The van der Waals surface area contributed by atoms with E-state index >= 15 is 0 Å². The fourth-order valence-electron chi connectivity index (χ4n) is 4.36. The van der Waals surface area contributed by atoms with Crippen LogP contribution in [0.25, 0.3) is 11.3 Å². The van der Waals surface area contributed by atoms with Gasteiger partial charge in [-0.2, -0.15) is 0 Å². The first-order valence-electron chi connectivity index (χ1n) is 11.0. The van der Waals surface area contributed by atoms with E-state index in [1.165, 1.54) is 11.1 Å². The van der Waals surface area contributed by atoms with Crippen molar-refractivity contribution < 1.29 is 9.47 Å². The molecule has 3 heterocycles. The first-order valence-corrected chi connectivity index (χ1v) is 11.0. The lowest BCUT2D eigenvalue weighted by atomic mass is 9.96. The standard InChI is InChI=1S/C25H28N4O2/c26-25-24(28-22(15-27-25)19-8-11-30-12-9-19)20-6-7-21-17-29(10-13-31-23(21)14-20)16-18-4-2-1-3-5-18/h1-7,14-15,19H,8-13,16-17H2,(H2,26,27). The molecule has 2 aliphatic heterocycles. The van der Waals surface area contributed by atoms with Gasteiger partial charge in [0.15, 0.2) is 0 Å². The molecule has 0 atom stereocenters. The van der Waals surface area contributed by atoms with E-state index < -0.39 is 0 Å². The summed E-state index contributed by atoms with van der Waals surface area (Å²) in [6.45, 7) is 4.87. The zero-order valence-electron chi connectivity index (χ0n) is 17.7. The van der Waals surface area contributed by atoms with Crippen LogP contribution in [-0.4, -0.2) is 41.2 Å². The summed E-state index contributed by atoms with van der Waals surface area (Å²) in [7, 11) is 0. The van der Waals surface area contributed by atoms with Crippen LogP contribution in [-0.2, 0) is 17.8 Å². The highest BCUT2D eigenvalue weighted by atomic mass is 16.5. The van der Waals surface area contributed by atoms with Crippen LogP contribution in [0.15, 0.2) is 54.7 Å². The predicted octanol–water partition coefficient (Wildman–Crippen LogP) is 4.01. The Morgan fingerprint density at radius 2 is 1.87 bits per heavy atom. The lowest BCUT2D eigenvalue weighted by Gasteiger charge is -2.22. The Kier molecular flexibility index (Phi) is 5.82. The Morgan fingerprint density at radius 3 is 2.71 bits per heavy atom. The summed E-state index contributed by atoms with van der Waals surface area (Å²) in [5.41, 5.74) is 11.4. The molecule has 0 amide bonds. The molecule has 1 saturated heterocycles. The second-order valence-corrected chi connectivity index (χ2v) is 8.28. The number of fused-ring (bicyclic) bond motifs is 1. The van der Waals surface area contributed by atoms with E-state index in [0.29, 0.717) is 18.3 Å². The number of ether oxygens (including phenoxy) is 2. The van der Waals surface area contributed by atoms with Crippen molar-refractivity contribution in [1.29, 1.82) is 0 Å². The van der Waals surface area contributed by atoms with Gasteiger partial charge in [-0.05, 0) is 24.5 Å². The van der Waals surface area contributed by atoms with Crippen LogP contribution in [0, 0.1) is 0 Å². The van der Waals surface area contributed by atoms with Crippen LogP contribution in [0.5, 0.6) is 5.75 Å². The van der Waals surface area contributed by atoms with Gasteiger partial charge in [0.25, 0.3) is 0 Å². The first-order chi connectivity index (χ1) is 15.3. The number of nitrogen functional groups attached to an aromatic ring is 1. The highest BCUT2D eigenvalue weighted by Crippen LogP contribution is 2.33. The number of hydrogen-bond donors (Lipinski definition) is 1. The summed E-state index contributed by atoms with van der Waals surface area (Å²) >= 11 is 0. The lowest BCUT2D eigenvalue weighted by molar-refractivity contribution is 0.0844. The number of benzene rings is 2. The van der Waals surface area contributed by atoms with Crippen LogP contribution in [0.1, 0.15) is 35.6 Å². The minimum absolute atomic E-state index is 0.379. The molecular weight excluding hydrogens is 388 g/mol. The maximum Gasteiger partial charge on any atom is 0.150 e. The van der Waals surface area contributed by atoms with Gasteiger partial charge in [-0.15, -0.1) is 0 Å². The van der Waals surface area contributed by atoms with Gasteiger partial charge >= 0.3 is 0 Å². The summed E-state index contributed by atoms with van der Waals surface area (Å²) < 4.78 is 11.6. The average molecular weight is 417 g/mol. The SMILES string of the molecule is Nc1ncc(C2CCOCC2)nc1-c1ccc2c(c1)OCCN(Cc1ccccc1)C2. The van der Waals surface area contributed by atoms with Crippen molar-refractivity contribution in [1.82, 2.24) is 14.9 Å². The van der Waals surface area contributed by atoms with Crippen molar-refractivity contribution in [3.8, 4) is 17.0 Å². The van der Waals surface area contributed by atoms with Gasteiger partial charge in [0.05, 0.1) is 11.9 Å². The molecule has 3 aromatic rings. The molecule has 5 rings (SSSR count). The maximum atomic E-state index is 6.22. The van der Waals surface area contributed by atoms with E-state index in [-0.39, 0.29) is 0 Å². The summed E-state index contributed by atoms with van der Waals surface area (Å²) in [4.78, 5) is 11.8. The predicted molar refractivity (Wildman–Crippen MR) is 121 cm³/mol. The van der Waals surface area contributed by atoms with Crippen molar-refractivity contribution >= 4 is 5.82 Å². The van der Waals surface area contributed by atoms with Crippen LogP contribution in [0.3, 0.4) is 0 Å². The van der Waals surface area contributed by atoms with Crippen molar-refractivity contribution in [3.63, 3.8) is 0 Å². The van der Waals surface area contributed by atoms with Gasteiger partial charge in [0, 0.05) is 49.9 Å². The number of hydrogen-bond acceptors (Lipinski definition) is 6. The van der Waals surface area contributed by atoms with Gasteiger partial charge < -0.3 is 15.2 Å². The third kappa shape index (κ3) is 4.55. The first kappa shape index (κ1) is 20.0. The van der Waals surface area contributed by atoms with Crippen LogP contribution in [0.4, 0.5) is 5.82 Å². The summed E-state index contributed by atoms with van der Waals surface area (Å²) in [6.07, 6.45) is 3.77. The molecule has 160 valence electrons. The van der Waals surface area contributed by atoms with Gasteiger partial charge in [-0.1, -0.05) is 42.5 Å². The van der Waals surface area contributed by atoms with E-state index in [0.717, 1.165) is 68.4 Å². The molecule has 2 aliphatic rings. The number of anilines is 1. The molecule has 0 saturated carbocycles. The second-order valence-electron chi connectivity index (χ2n) is 8.28. The molecule has 6 heteroatoms. The van der Waals surface area contributed by atoms with Crippen LogP contribution in [0.2, 0.25) is 0 Å². The van der Waals surface area contributed by atoms with E-state index in [1.54, 1.807) is 0 Å². The molecule has 0 aliphatic carbocycles. The molecule has 1 aromatic heterocycles. The molecule has 1 fully saturated rings. The third-order valence-electron chi connectivity index (χ3n) is 6.11. The Labute approximate surface area is 183 Å². The monoisotopic (exact) mass is 416 g/mol. The molecule has 2 N–H and O–H groups in total. The number of aromatic nitrogens is 2. The largest absolute Gasteiger partial charge is 0.492 e. The van der Waals surface area contributed by atoms with Gasteiger partial charge in [-0.3, -0.25) is 4.90 Å². The van der Waals surface area contributed by atoms with Crippen molar-refractivity contribution in [2.45, 2.75) is 31.8 Å². The third-order valence-corrected chi connectivity index (χ3v) is 6.11. The molecule has 0 spiro atoms. The van der Waals surface area contributed by atoms with Crippen LogP contribution < -0.4 is 10.5 Å². The normalized spacial score (nSPS) is 17.5. The zero-order chi connectivity index (χ0) is 21.0. The zero-order valence-corrected chi connectivity index (χ0v) is 17.7. The fraction of sp³-hybridized carbons (Fsp3) is 0.360. The summed E-state index contributed by atoms with van der Waals surface area (Å²) in [6, 6.07) is 16.9. The number of nitrogens with two attached hydrogens (primary N) is 1. The minimum Gasteiger partial charge on any atom is -0.492 e. The van der Waals surface area contributed by atoms with E-state index in [9.17, 15) is 0 Å². The van der Waals surface area contributed by atoms with Gasteiger partial charge in [-0.25, -0.2) is 9.97 Å².